The van der Waals surface area contributed by atoms with Crippen LogP contribution in [0, 0.1) is 17.8 Å². The summed E-state index contributed by atoms with van der Waals surface area (Å²) >= 11 is 0. The average molecular weight is 343 g/mol. The summed E-state index contributed by atoms with van der Waals surface area (Å²) in [4.78, 5) is 38.0. The molecule has 2 aliphatic rings. The predicted octanol–water partition coefficient (Wildman–Crippen LogP) is 2.48. The summed E-state index contributed by atoms with van der Waals surface area (Å²) in [6.07, 6.45) is 2.84. The molecule has 1 saturated heterocycles. The van der Waals surface area contributed by atoms with Gasteiger partial charge in [-0.15, -0.1) is 0 Å². The van der Waals surface area contributed by atoms with Gasteiger partial charge in [0.05, 0.1) is 11.8 Å². The fourth-order valence-corrected chi connectivity index (χ4v) is 3.49. The highest BCUT2D eigenvalue weighted by molar-refractivity contribution is 6.00. The monoisotopic (exact) mass is 343 g/mol. The Hall–Kier alpha value is -2.37. The van der Waals surface area contributed by atoms with Crippen LogP contribution in [-0.4, -0.2) is 35.7 Å². The van der Waals surface area contributed by atoms with E-state index in [4.69, 9.17) is 0 Å². The number of likely N-dealkylation sites (tertiary alicyclic amines) is 1. The molecule has 1 saturated carbocycles. The van der Waals surface area contributed by atoms with Crippen LogP contribution in [0.2, 0.25) is 0 Å². The molecule has 2 N–H and O–H groups in total. The number of hydrogen-bond donors (Lipinski definition) is 2. The smallest absolute Gasteiger partial charge is 0.228 e. The molecule has 1 aliphatic carbocycles. The highest BCUT2D eigenvalue weighted by atomic mass is 16.2. The molecule has 0 bridgehead atoms. The zero-order valence-corrected chi connectivity index (χ0v) is 14.7. The van der Waals surface area contributed by atoms with Gasteiger partial charge in [0.2, 0.25) is 17.7 Å². The number of anilines is 2. The Kier molecular flexibility index (Phi) is 5.06. The second-order valence-corrected chi connectivity index (χ2v) is 7.23. The fraction of sp³-hybridized carbons (Fsp3) is 0.526. The van der Waals surface area contributed by atoms with Crippen LogP contribution in [-0.2, 0) is 14.4 Å². The van der Waals surface area contributed by atoms with Gasteiger partial charge < -0.3 is 15.5 Å². The third kappa shape index (κ3) is 4.38. The van der Waals surface area contributed by atoms with Crippen LogP contribution in [0.1, 0.15) is 33.1 Å². The van der Waals surface area contributed by atoms with E-state index in [-0.39, 0.29) is 29.6 Å². The molecule has 6 nitrogen and oxygen atoms in total. The van der Waals surface area contributed by atoms with Crippen molar-refractivity contribution >= 4 is 29.1 Å². The molecule has 1 heterocycles. The summed E-state index contributed by atoms with van der Waals surface area (Å²) in [6.45, 7) is 5.22. The first-order valence-corrected chi connectivity index (χ1v) is 8.91. The number of rotatable bonds is 4. The Morgan fingerprint density at radius 1 is 1.12 bits per heavy atom. The van der Waals surface area contributed by atoms with Crippen molar-refractivity contribution in [2.75, 3.05) is 23.7 Å². The normalized spacial score (nSPS) is 25.2. The van der Waals surface area contributed by atoms with E-state index >= 15 is 0 Å². The van der Waals surface area contributed by atoms with Crippen LogP contribution in [0.4, 0.5) is 11.4 Å². The van der Waals surface area contributed by atoms with Crippen LogP contribution in [0.3, 0.4) is 0 Å². The zero-order chi connectivity index (χ0) is 18.0. The Morgan fingerprint density at radius 2 is 1.84 bits per heavy atom. The van der Waals surface area contributed by atoms with Crippen LogP contribution < -0.4 is 10.6 Å². The van der Waals surface area contributed by atoms with E-state index in [2.05, 4.69) is 17.6 Å². The lowest BCUT2D eigenvalue weighted by Gasteiger charge is -2.31. The van der Waals surface area contributed by atoms with E-state index < -0.39 is 0 Å². The van der Waals surface area contributed by atoms with Crippen LogP contribution in [0.15, 0.2) is 24.3 Å². The second-order valence-electron chi connectivity index (χ2n) is 7.23. The molecule has 0 spiro atoms. The largest absolute Gasteiger partial charge is 0.342 e. The van der Waals surface area contributed by atoms with Crippen molar-refractivity contribution in [3.05, 3.63) is 24.3 Å². The lowest BCUT2D eigenvalue weighted by atomic mass is 10.00. The molecule has 3 amide bonds. The van der Waals surface area contributed by atoms with Crippen molar-refractivity contribution in [3.63, 3.8) is 0 Å². The van der Waals surface area contributed by atoms with E-state index in [1.54, 1.807) is 24.3 Å². The number of benzene rings is 1. The van der Waals surface area contributed by atoms with Crippen molar-refractivity contribution in [2.45, 2.75) is 33.1 Å². The van der Waals surface area contributed by atoms with Gasteiger partial charge in [0.1, 0.15) is 0 Å². The Balaban J connectivity index is 1.55. The number of nitrogens with zero attached hydrogens (tertiary/aromatic N) is 1. The molecule has 1 aromatic rings. The van der Waals surface area contributed by atoms with Gasteiger partial charge in [-0.1, -0.05) is 13.0 Å². The second kappa shape index (κ2) is 7.25. The molecule has 0 radical (unpaired) electrons. The van der Waals surface area contributed by atoms with Crippen LogP contribution in [0.5, 0.6) is 0 Å². The summed E-state index contributed by atoms with van der Waals surface area (Å²) in [5, 5.41) is 5.54. The van der Waals surface area contributed by atoms with E-state index in [0.29, 0.717) is 23.7 Å². The van der Waals surface area contributed by atoms with Gasteiger partial charge in [-0.05, 0) is 43.4 Å². The molecular formula is C19H25N3O3. The van der Waals surface area contributed by atoms with Gasteiger partial charge in [0, 0.05) is 31.4 Å². The molecule has 1 aromatic carbocycles. The van der Waals surface area contributed by atoms with E-state index in [1.807, 2.05) is 4.90 Å². The molecule has 3 unspecified atom stereocenters. The number of amides is 3. The molecular weight excluding hydrogens is 318 g/mol. The predicted molar refractivity (Wildman–Crippen MR) is 96.0 cm³/mol. The molecule has 134 valence electrons. The third-order valence-electron chi connectivity index (χ3n) is 4.86. The molecule has 3 atom stereocenters. The topological polar surface area (TPSA) is 78.5 Å². The standard InChI is InChI=1S/C19H25N3O3/c1-12-5-4-8-22(11-12)19(25)17-10-16(17)18(24)21-15-7-3-6-14(9-15)20-13(2)23/h3,6-7,9,12,16-17H,4-5,8,10-11H2,1-2H3,(H,20,23)(H,21,24). The molecule has 3 rings (SSSR count). The summed E-state index contributed by atoms with van der Waals surface area (Å²) < 4.78 is 0. The highest BCUT2D eigenvalue weighted by Crippen LogP contribution is 2.41. The Labute approximate surface area is 148 Å². The van der Waals surface area contributed by atoms with E-state index in [0.717, 1.165) is 19.5 Å². The number of carbonyl (C=O) groups excluding carboxylic acids is 3. The summed E-state index contributed by atoms with van der Waals surface area (Å²) in [6, 6.07) is 7.02. The Morgan fingerprint density at radius 3 is 2.52 bits per heavy atom. The molecule has 2 fully saturated rings. The first-order valence-electron chi connectivity index (χ1n) is 8.91. The SMILES string of the molecule is CC(=O)Nc1cccc(NC(=O)C2CC2C(=O)N2CCCC(C)C2)c1. The molecule has 0 aromatic heterocycles. The third-order valence-corrected chi connectivity index (χ3v) is 4.86. The van der Waals surface area contributed by atoms with Crippen molar-refractivity contribution < 1.29 is 14.4 Å². The van der Waals surface area contributed by atoms with Crippen molar-refractivity contribution in [2.24, 2.45) is 17.8 Å². The summed E-state index contributed by atoms with van der Waals surface area (Å²) in [7, 11) is 0. The quantitative estimate of drug-likeness (QED) is 0.881. The van der Waals surface area contributed by atoms with Crippen LogP contribution >= 0.6 is 0 Å². The van der Waals surface area contributed by atoms with Crippen LogP contribution in [0.25, 0.3) is 0 Å². The summed E-state index contributed by atoms with van der Waals surface area (Å²) in [5.74, 6) is -0.0348. The molecule has 25 heavy (non-hydrogen) atoms. The van der Waals surface area contributed by atoms with Gasteiger partial charge in [-0.25, -0.2) is 0 Å². The average Bonchev–Trinajstić information content (AvgIpc) is 3.34. The van der Waals surface area contributed by atoms with Crippen molar-refractivity contribution in [3.8, 4) is 0 Å². The minimum absolute atomic E-state index is 0.122. The van der Waals surface area contributed by atoms with Gasteiger partial charge >= 0.3 is 0 Å². The first kappa shape index (κ1) is 17.5. The van der Waals surface area contributed by atoms with Crippen molar-refractivity contribution in [1.82, 2.24) is 4.90 Å². The fourth-order valence-electron chi connectivity index (χ4n) is 3.49. The summed E-state index contributed by atoms with van der Waals surface area (Å²) in [5.41, 5.74) is 1.26. The van der Waals surface area contributed by atoms with Crippen molar-refractivity contribution in [1.29, 1.82) is 0 Å². The number of hydrogen-bond acceptors (Lipinski definition) is 3. The molecule has 1 aliphatic heterocycles. The maximum atomic E-state index is 12.5. The lowest BCUT2D eigenvalue weighted by molar-refractivity contribution is -0.135. The minimum atomic E-state index is -0.242. The van der Waals surface area contributed by atoms with E-state index in [1.165, 1.54) is 13.3 Å². The van der Waals surface area contributed by atoms with Gasteiger partial charge in [0.25, 0.3) is 0 Å². The number of piperidine rings is 1. The van der Waals surface area contributed by atoms with Gasteiger partial charge in [-0.3, -0.25) is 14.4 Å². The number of carbonyl (C=O) groups is 3. The first-order chi connectivity index (χ1) is 11.9. The highest BCUT2D eigenvalue weighted by Gasteiger charge is 2.49. The van der Waals surface area contributed by atoms with E-state index in [9.17, 15) is 14.4 Å². The molecule has 6 heteroatoms. The zero-order valence-electron chi connectivity index (χ0n) is 14.7. The number of nitrogens with one attached hydrogen (secondary N) is 2. The minimum Gasteiger partial charge on any atom is -0.342 e. The van der Waals surface area contributed by atoms with Gasteiger partial charge in [0.15, 0.2) is 0 Å². The lowest BCUT2D eigenvalue weighted by Crippen LogP contribution is -2.40. The maximum Gasteiger partial charge on any atom is 0.228 e. The van der Waals surface area contributed by atoms with Gasteiger partial charge in [-0.2, -0.15) is 0 Å². The Bertz CT molecular complexity index is 688. The maximum absolute atomic E-state index is 12.5.